The van der Waals surface area contributed by atoms with Crippen LogP contribution in [0.5, 0.6) is 0 Å². The third-order valence-corrected chi connectivity index (χ3v) is 2.59. The fraction of sp³-hybridized carbons (Fsp3) is 0.615. The van der Waals surface area contributed by atoms with Crippen molar-refractivity contribution in [1.82, 2.24) is 9.97 Å². The summed E-state index contributed by atoms with van der Waals surface area (Å²) >= 11 is 0. The zero-order valence-electron chi connectivity index (χ0n) is 11.8. The molecule has 0 bridgehead atoms. The van der Waals surface area contributed by atoms with Gasteiger partial charge in [0.25, 0.3) is 11.5 Å². The molecule has 0 atom stereocenters. The van der Waals surface area contributed by atoms with Gasteiger partial charge < -0.3 is 10.7 Å². The van der Waals surface area contributed by atoms with Crippen molar-refractivity contribution >= 4 is 5.91 Å². The summed E-state index contributed by atoms with van der Waals surface area (Å²) in [6, 6.07) is 0. The standard InChI is InChI=1S/C13H21N3O2/c1-12(2,3)8-7(9(14)17)10(18)16-11(15-8)13(4,5)6/h1-6H3,(H2,14,17)(H,15,16,18). The maximum absolute atomic E-state index is 12.0. The predicted octanol–water partition coefficient (Wildman–Crippen LogP) is 1.46. The van der Waals surface area contributed by atoms with E-state index in [-0.39, 0.29) is 11.0 Å². The number of nitrogens with two attached hydrogens (primary N) is 1. The Labute approximate surface area is 107 Å². The Morgan fingerprint density at radius 2 is 1.61 bits per heavy atom. The first-order chi connectivity index (χ1) is 7.94. The lowest BCUT2D eigenvalue weighted by molar-refractivity contribution is 0.0995. The van der Waals surface area contributed by atoms with Crippen LogP contribution in [0.25, 0.3) is 0 Å². The van der Waals surface area contributed by atoms with Gasteiger partial charge in [0.1, 0.15) is 11.4 Å². The van der Waals surface area contributed by atoms with E-state index in [1.807, 2.05) is 41.5 Å². The molecule has 1 aromatic rings. The first-order valence-electron chi connectivity index (χ1n) is 5.89. The third kappa shape index (κ3) is 2.78. The van der Waals surface area contributed by atoms with Crippen molar-refractivity contribution in [1.29, 1.82) is 0 Å². The minimum absolute atomic E-state index is 0.0458. The molecule has 5 nitrogen and oxygen atoms in total. The first-order valence-corrected chi connectivity index (χ1v) is 5.89. The summed E-state index contributed by atoms with van der Waals surface area (Å²) in [7, 11) is 0. The number of aromatic nitrogens is 2. The SMILES string of the molecule is CC(C)(C)c1nc(C(C)(C)C)c(C(N)=O)c(=O)[nH]1. The summed E-state index contributed by atoms with van der Waals surface area (Å²) < 4.78 is 0. The van der Waals surface area contributed by atoms with Crippen LogP contribution in [0, 0.1) is 0 Å². The van der Waals surface area contributed by atoms with E-state index in [2.05, 4.69) is 9.97 Å². The maximum atomic E-state index is 12.0. The molecule has 100 valence electrons. The van der Waals surface area contributed by atoms with Crippen molar-refractivity contribution in [3.8, 4) is 0 Å². The predicted molar refractivity (Wildman–Crippen MR) is 70.8 cm³/mol. The average Bonchev–Trinajstić information content (AvgIpc) is 2.12. The monoisotopic (exact) mass is 251 g/mol. The minimum atomic E-state index is -0.742. The van der Waals surface area contributed by atoms with Crippen LogP contribution < -0.4 is 11.3 Å². The van der Waals surface area contributed by atoms with E-state index < -0.39 is 16.9 Å². The average molecular weight is 251 g/mol. The zero-order valence-corrected chi connectivity index (χ0v) is 11.8. The van der Waals surface area contributed by atoms with Gasteiger partial charge in [-0.05, 0) is 0 Å². The number of carbonyl (C=O) groups excluding carboxylic acids is 1. The Kier molecular flexibility index (Phi) is 3.38. The largest absolute Gasteiger partial charge is 0.365 e. The van der Waals surface area contributed by atoms with E-state index in [9.17, 15) is 9.59 Å². The number of carbonyl (C=O) groups is 1. The number of hydrogen-bond donors (Lipinski definition) is 2. The van der Waals surface area contributed by atoms with Crippen molar-refractivity contribution in [3.05, 3.63) is 27.4 Å². The molecule has 1 amide bonds. The van der Waals surface area contributed by atoms with Gasteiger partial charge in [-0.2, -0.15) is 0 Å². The van der Waals surface area contributed by atoms with E-state index in [1.165, 1.54) is 0 Å². The second kappa shape index (κ2) is 4.23. The second-order valence-corrected chi connectivity index (χ2v) is 6.50. The lowest BCUT2D eigenvalue weighted by atomic mass is 9.87. The molecule has 0 fully saturated rings. The minimum Gasteiger partial charge on any atom is -0.365 e. The maximum Gasteiger partial charge on any atom is 0.264 e. The van der Waals surface area contributed by atoms with Crippen LogP contribution in [0.4, 0.5) is 0 Å². The molecule has 18 heavy (non-hydrogen) atoms. The van der Waals surface area contributed by atoms with E-state index in [0.29, 0.717) is 11.5 Å². The van der Waals surface area contributed by atoms with Crippen LogP contribution in [0.3, 0.4) is 0 Å². The molecule has 0 aromatic carbocycles. The van der Waals surface area contributed by atoms with Gasteiger partial charge >= 0.3 is 0 Å². The molecule has 0 aliphatic carbocycles. The molecule has 5 heteroatoms. The lowest BCUT2D eigenvalue weighted by Gasteiger charge is -2.24. The number of amides is 1. The number of nitrogens with one attached hydrogen (secondary N) is 1. The van der Waals surface area contributed by atoms with Crippen LogP contribution >= 0.6 is 0 Å². The number of hydrogen-bond acceptors (Lipinski definition) is 3. The van der Waals surface area contributed by atoms with E-state index in [4.69, 9.17) is 5.73 Å². The van der Waals surface area contributed by atoms with Gasteiger partial charge in [-0.15, -0.1) is 0 Å². The van der Waals surface area contributed by atoms with Gasteiger partial charge in [-0.25, -0.2) is 4.98 Å². The number of H-pyrrole nitrogens is 1. The smallest absolute Gasteiger partial charge is 0.264 e. The van der Waals surface area contributed by atoms with Crippen LogP contribution in [-0.4, -0.2) is 15.9 Å². The topological polar surface area (TPSA) is 88.8 Å². The molecule has 0 spiro atoms. The van der Waals surface area contributed by atoms with Crippen molar-refractivity contribution < 1.29 is 4.79 Å². The van der Waals surface area contributed by atoms with Gasteiger partial charge in [0, 0.05) is 10.8 Å². The second-order valence-electron chi connectivity index (χ2n) is 6.50. The molecule has 0 unspecified atom stereocenters. The quantitative estimate of drug-likeness (QED) is 0.792. The Bertz CT molecular complexity index is 531. The third-order valence-electron chi connectivity index (χ3n) is 2.59. The lowest BCUT2D eigenvalue weighted by Crippen LogP contribution is -2.35. The van der Waals surface area contributed by atoms with E-state index in [1.54, 1.807) is 0 Å². The van der Waals surface area contributed by atoms with Gasteiger partial charge in [0.15, 0.2) is 0 Å². The summed E-state index contributed by atoms with van der Waals surface area (Å²) in [6.45, 7) is 11.5. The summed E-state index contributed by atoms with van der Waals surface area (Å²) in [5.74, 6) is -0.184. The Balaban J connectivity index is 3.69. The molecular weight excluding hydrogens is 230 g/mol. The summed E-state index contributed by atoms with van der Waals surface area (Å²) in [5, 5.41) is 0. The molecule has 0 radical (unpaired) electrons. The molecule has 0 aliphatic rings. The number of rotatable bonds is 1. The fourth-order valence-corrected chi connectivity index (χ4v) is 1.60. The molecule has 0 aliphatic heterocycles. The number of nitrogens with zero attached hydrogens (tertiary/aromatic N) is 1. The highest BCUT2D eigenvalue weighted by Gasteiger charge is 2.28. The fourth-order valence-electron chi connectivity index (χ4n) is 1.60. The van der Waals surface area contributed by atoms with Gasteiger partial charge in [0.2, 0.25) is 0 Å². The molecule has 1 aromatic heterocycles. The highest BCUT2D eigenvalue weighted by atomic mass is 16.2. The zero-order chi connectivity index (χ0) is 14.3. The summed E-state index contributed by atoms with van der Waals surface area (Å²) in [6.07, 6.45) is 0. The van der Waals surface area contributed by atoms with Crippen molar-refractivity contribution in [3.63, 3.8) is 0 Å². The van der Waals surface area contributed by atoms with Gasteiger partial charge in [-0.1, -0.05) is 41.5 Å². The number of aromatic amines is 1. The highest BCUT2D eigenvalue weighted by Crippen LogP contribution is 2.25. The molecule has 0 saturated carbocycles. The summed E-state index contributed by atoms with van der Waals surface area (Å²) in [5.41, 5.74) is 4.49. The molecule has 0 saturated heterocycles. The van der Waals surface area contributed by atoms with Crippen molar-refractivity contribution in [2.45, 2.75) is 52.4 Å². The van der Waals surface area contributed by atoms with Gasteiger partial charge in [-0.3, -0.25) is 9.59 Å². The van der Waals surface area contributed by atoms with E-state index in [0.717, 1.165) is 0 Å². The Morgan fingerprint density at radius 1 is 1.11 bits per heavy atom. The molecule has 3 N–H and O–H groups in total. The van der Waals surface area contributed by atoms with Crippen LogP contribution in [0.15, 0.2) is 4.79 Å². The summed E-state index contributed by atoms with van der Waals surface area (Å²) in [4.78, 5) is 30.5. The Morgan fingerprint density at radius 3 is 1.94 bits per heavy atom. The van der Waals surface area contributed by atoms with Crippen molar-refractivity contribution in [2.75, 3.05) is 0 Å². The van der Waals surface area contributed by atoms with Gasteiger partial charge in [0.05, 0.1) is 5.69 Å². The van der Waals surface area contributed by atoms with Crippen molar-refractivity contribution in [2.24, 2.45) is 5.73 Å². The highest BCUT2D eigenvalue weighted by molar-refractivity contribution is 5.93. The van der Waals surface area contributed by atoms with Crippen LogP contribution in [0.1, 0.15) is 63.4 Å². The Hall–Kier alpha value is -1.65. The van der Waals surface area contributed by atoms with Crippen LogP contribution in [0.2, 0.25) is 0 Å². The van der Waals surface area contributed by atoms with E-state index >= 15 is 0 Å². The normalized spacial score (nSPS) is 12.6. The molecule has 1 heterocycles. The molecule has 1 rings (SSSR count). The number of primary amides is 1. The van der Waals surface area contributed by atoms with Crippen LogP contribution in [-0.2, 0) is 10.8 Å². The first kappa shape index (κ1) is 14.4. The molecular formula is C13H21N3O2.